The van der Waals surface area contributed by atoms with Gasteiger partial charge in [0.05, 0.1) is 17.4 Å². The van der Waals surface area contributed by atoms with Crippen LogP contribution in [-0.4, -0.2) is 46.3 Å². The van der Waals surface area contributed by atoms with Gasteiger partial charge in [0, 0.05) is 29.8 Å². The van der Waals surface area contributed by atoms with Gasteiger partial charge in [-0.25, -0.2) is 4.98 Å². The number of anilines is 2. The first-order chi connectivity index (χ1) is 13.9. The van der Waals surface area contributed by atoms with Crippen molar-refractivity contribution in [3.63, 3.8) is 0 Å². The Kier molecular flexibility index (Phi) is 6.76. The van der Waals surface area contributed by atoms with Gasteiger partial charge in [0.2, 0.25) is 11.8 Å². The predicted octanol–water partition coefficient (Wildman–Crippen LogP) is 3.04. The summed E-state index contributed by atoms with van der Waals surface area (Å²) < 4.78 is 0.816. The molecule has 0 radical (unpaired) electrons. The molecule has 2 amide bonds. The maximum absolute atomic E-state index is 12.6. The maximum atomic E-state index is 12.6. The minimum Gasteiger partial charge on any atom is -0.371 e. The Morgan fingerprint density at radius 3 is 2.79 bits per heavy atom. The molecule has 152 valence electrons. The van der Waals surface area contributed by atoms with Crippen LogP contribution in [0.4, 0.5) is 17.2 Å². The Balaban J connectivity index is 1.56. The van der Waals surface area contributed by atoms with Gasteiger partial charge in [0.1, 0.15) is 11.5 Å². The number of nitrogens with one attached hydrogen (secondary N) is 2. The van der Waals surface area contributed by atoms with Gasteiger partial charge in [-0.15, -0.1) is 0 Å². The molecule has 9 nitrogen and oxygen atoms in total. The summed E-state index contributed by atoms with van der Waals surface area (Å²) in [5, 5.41) is 16.7. The lowest BCUT2D eigenvalue weighted by Gasteiger charge is -2.32. The molecule has 1 fully saturated rings. The number of piperidine rings is 1. The number of likely N-dealkylation sites (tertiary alicyclic amines) is 1. The Bertz CT molecular complexity index is 906. The van der Waals surface area contributed by atoms with E-state index in [4.69, 9.17) is 0 Å². The minimum atomic E-state index is -0.496. The lowest BCUT2D eigenvalue weighted by atomic mass is 9.97. The number of benzene rings is 1. The molecular weight excluding hydrogens is 442 g/mol. The zero-order chi connectivity index (χ0) is 20.8. The summed E-state index contributed by atoms with van der Waals surface area (Å²) in [5.74, 6) is -0.254. The van der Waals surface area contributed by atoms with E-state index >= 15 is 0 Å². The fourth-order valence-corrected chi connectivity index (χ4v) is 3.40. The van der Waals surface area contributed by atoms with E-state index in [1.54, 1.807) is 41.4 Å². The fourth-order valence-electron chi connectivity index (χ4n) is 3.16. The van der Waals surface area contributed by atoms with Crippen molar-refractivity contribution in [3.05, 3.63) is 57.2 Å². The van der Waals surface area contributed by atoms with E-state index in [1.807, 2.05) is 0 Å². The van der Waals surface area contributed by atoms with Crippen molar-refractivity contribution in [3.8, 4) is 0 Å². The molecule has 0 aliphatic carbocycles. The number of nitrogens with zero attached hydrogens (tertiary/aromatic N) is 3. The number of nitro groups is 1. The molecule has 2 heterocycles. The van der Waals surface area contributed by atoms with Crippen LogP contribution in [0.2, 0.25) is 0 Å². The number of pyridine rings is 1. The summed E-state index contributed by atoms with van der Waals surface area (Å²) in [7, 11) is 0. The number of carbonyl (C=O) groups is 2. The molecule has 10 heteroatoms. The van der Waals surface area contributed by atoms with Crippen molar-refractivity contribution in [1.82, 2.24) is 9.88 Å². The molecule has 2 aromatic rings. The summed E-state index contributed by atoms with van der Waals surface area (Å²) in [6, 6.07) is 9.65. The average Bonchev–Trinajstić information content (AvgIpc) is 2.73. The van der Waals surface area contributed by atoms with Crippen LogP contribution in [0.5, 0.6) is 0 Å². The molecule has 1 aromatic heterocycles. The number of hydrogen-bond acceptors (Lipinski definition) is 6. The lowest BCUT2D eigenvalue weighted by Crippen LogP contribution is -2.45. The van der Waals surface area contributed by atoms with Gasteiger partial charge < -0.3 is 15.5 Å². The van der Waals surface area contributed by atoms with E-state index in [0.29, 0.717) is 37.4 Å². The third-order valence-electron chi connectivity index (χ3n) is 4.65. The van der Waals surface area contributed by atoms with E-state index < -0.39 is 4.92 Å². The molecule has 2 N–H and O–H groups in total. The summed E-state index contributed by atoms with van der Waals surface area (Å²) in [6.07, 6.45) is 2.99. The van der Waals surface area contributed by atoms with Crippen LogP contribution < -0.4 is 10.6 Å². The third kappa shape index (κ3) is 5.50. The first-order valence-electron chi connectivity index (χ1n) is 9.11. The number of nitro benzene ring substituents is 1. The first kappa shape index (κ1) is 20.7. The minimum absolute atomic E-state index is 0.0759. The lowest BCUT2D eigenvalue weighted by molar-refractivity contribution is -0.383. The van der Waals surface area contributed by atoms with Crippen LogP contribution in [0.15, 0.2) is 47.1 Å². The molecule has 1 saturated heterocycles. The summed E-state index contributed by atoms with van der Waals surface area (Å²) >= 11 is 3.29. The average molecular weight is 462 g/mol. The Morgan fingerprint density at radius 1 is 1.28 bits per heavy atom. The highest BCUT2D eigenvalue weighted by Crippen LogP contribution is 2.23. The predicted molar refractivity (Wildman–Crippen MR) is 111 cm³/mol. The molecule has 29 heavy (non-hydrogen) atoms. The number of rotatable bonds is 6. The monoisotopic (exact) mass is 461 g/mol. The molecule has 1 atom stereocenters. The summed E-state index contributed by atoms with van der Waals surface area (Å²) in [5.41, 5.74) is 0.205. The van der Waals surface area contributed by atoms with E-state index in [-0.39, 0.29) is 30.0 Å². The molecule has 0 saturated carbocycles. The Labute approximate surface area is 175 Å². The van der Waals surface area contributed by atoms with E-state index in [1.165, 1.54) is 6.07 Å². The van der Waals surface area contributed by atoms with Crippen molar-refractivity contribution in [2.24, 2.45) is 5.92 Å². The maximum Gasteiger partial charge on any atom is 0.292 e. The number of aromatic nitrogens is 1. The van der Waals surface area contributed by atoms with Crippen molar-refractivity contribution in [1.29, 1.82) is 0 Å². The van der Waals surface area contributed by atoms with E-state index in [2.05, 4.69) is 31.5 Å². The SMILES string of the molecule is O=C(Nc1ccc(Br)cn1)C1CCCN(C(=O)CNc2ccccc2[N+](=O)[O-])C1. The molecule has 1 unspecified atom stereocenters. The van der Waals surface area contributed by atoms with Gasteiger partial charge in [0.25, 0.3) is 5.69 Å². The van der Waals surface area contributed by atoms with Crippen LogP contribution >= 0.6 is 15.9 Å². The number of halogens is 1. The van der Waals surface area contributed by atoms with Gasteiger partial charge in [-0.1, -0.05) is 12.1 Å². The number of carbonyl (C=O) groups excluding carboxylic acids is 2. The standard InChI is InChI=1S/C19H20BrN5O4/c20-14-7-8-17(22-10-14)23-19(27)13-4-3-9-24(12-13)18(26)11-21-15-5-1-2-6-16(15)25(28)29/h1-2,5-8,10,13,21H,3-4,9,11-12H2,(H,22,23,27). The van der Waals surface area contributed by atoms with Crippen LogP contribution in [0.25, 0.3) is 0 Å². The number of hydrogen-bond donors (Lipinski definition) is 2. The molecule has 3 rings (SSSR count). The van der Waals surface area contributed by atoms with E-state index in [0.717, 1.165) is 4.47 Å². The zero-order valence-corrected chi connectivity index (χ0v) is 17.1. The first-order valence-corrected chi connectivity index (χ1v) is 9.91. The topological polar surface area (TPSA) is 117 Å². The second-order valence-electron chi connectivity index (χ2n) is 6.66. The fraction of sp³-hybridized carbons (Fsp3) is 0.316. The van der Waals surface area contributed by atoms with Crippen LogP contribution in [0.3, 0.4) is 0 Å². The highest BCUT2D eigenvalue weighted by molar-refractivity contribution is 9.10. The largest absolute Gasteiger partial charge is 0.371 e. The van der Waals surface area contributed by atoms with Crippen molar-refractivity contribution >= 4 is 44.9 Å². The molecular formula is C19H20BrN5O4. The van der Waals surface area contributed by atoms with Crippen LogP contribution in [0.1, 0.15) is 12.8 Å². The summed E-state index contributed by atoms with van der Waals surface area (Å²) in [6.45, 7) is 0.783. The smallest absolute Gasteiger partial charge is 0.292 e. The second kappa shape index (κ2) is 9.46. The van der Waals surface area contributed by atoms with E-state index in [9.17, 15) is 19.7 Å². The van der Waals surface area contributed by atoms with Crippen LogP contribution in [0, 0.1) is 16.0 Å². The molecule has 0 bridgehead atoms. The van der Waals surface area contributed by atoms with Gasteiger partial charge in [-0.05, 0) is 47.0 Å². The van der Waals surface area contributed by atoms with Crippen LogP contribution in [-0.2, 0) is 9.59 Å². The van der Waals surface area contributed by atoms with Gasteiger partial charge in [-0.2, -0.15) is 0 Å². The van der Waals surface area contributed by atoms with Gasteiger partial charge in [0.15, 0.2) is 0 Å². The number of para-hydroxylation sites is 2. The molecule has 1 aliphatic heterocycles. The normalized spacial score (nSPS) is 16.2. The number of amides is 2. The molecule has 1 aliphatic rings. The zero-order valence-electron chi connectivity index (χ0n) is 15.5. The highest BCUT2D eigenvalue weighted by atomic mass is 79.9. The Morgan fingerprint density at radius 2 is 2.07 bits per heavy atom. The molecule has 1 aromatic carbocycles. The van der Waals surface area contributed by atoms with Gasteiger partial charge >= 0.3 is 0 Å². The molecule has 0 spiro atoms. The van der Waals surface area contributed by atoms with Crippen molar-refractivity contribution < 1.29 is 14.5 Å². The highest BCUT2D eigenvalue weighted by Gasteiger charge is 2.28. The second-order valence-corrected chi connectivity index (χ2v) is 7.57. The quantitative estimate of drug-likeness (QED) is 0.504. The summed E-state index contributed by atoms with van der Waals surface area (Å²) in [4.78, 5) is 41.4. The van der Waals surface area contributed by atoms with Crippen molar-refractivity contribution in [2.45, 2.75) is 12.8 Å². The third-order valence-corrected chi connectivity index (χ3v) is 5.12. The van der Waals surface area contributed by atoms with Gasteiger partial charge in [-0.3, -0.25) is 19.7 Å². The Hall–Kier alpha value is -3.01. The van der Waals surface area contributed by atoms with Crippen molar-refractivity contribution in [2.75, 3.05) is 30.3 Å².